The van der Waals surface area contributed by atoms with Crippen molar-refractivity contribution in [3.05, 3.63) is 70.7 Å². The minimum atomic E-state index is -0.629. The number of hydrogen-bond acceptors (Lipinski definition) is 2. The van der Waals surface area contributed by atoms with Crippen molar-refractivity contribution in [1.29, 1.82) is 0 Å². The smallest absolute Gasteiger partial charge is 0.227 e. The quantitative estimate of drug-likeness (QED) is 0.801. The molecule has 0 aliphatic heterocycles. The van der Waals surface area contributed by atoms with E-state index in [1.165, 1.54) is 0 Å². The molecule has 3 nitrogen and oxygen atoms in total. The monoisotopic (exact) mass is 345 g/mol. The fourth-order valence-corrected chi connectivity index (χ4v) is 2.94. The number of nitrogens with one attached hydrogen (secondary N) is 1. The van der Waals surface area contributed by atoms with Gasteiger partial charge in [0.05, 0.1) is 12.5 Å². The number of rotatable bonds is 7. The van der Waals surface area contributed by atoms with Crippen molar-refractivity contribution in [2.24, 2.45) is 0 Å². The molecule has 0 saturated heterocycles. The zero-order chi connectivity index (χ0) is 17.6. The maximum Gasteiger partial charge on any atom is 0.227 e. The van der Waals surface area contributed by atoms with E-state index in [0.29, 0.717) is 11.6 Å². The molecule has 0 bridgehead atoms. The van der Waals surface area contributed by atoms with E-state index in [0.717, 1.165) is 17.5 Å². The van der Waals surface area contributed by atoms with E-state index in [1.807, 2.05) is 68.4 Å². The van der Waals surface area contributed by atoms with Crippen LogP contribution in [-0.2, 0) is 15.1 Å². The average molecular weight is 346 g/mol. The highest BCUT2D eigenvalue weighted by Crippen LogP contribution is 2.27. The van der Waals surface area contributed by atoms with Gasteiger partial charge in [-0.1, -0.05) is 61.0 Å². The van der Waals surface area contributed by atoms with Crippen molar-refractivity contribution in [2.45, 2.75) is 31.8 Å². The van der Waals surface area contributed by atoms with E-state index < -0.39 is 5.60 Å². The van der Waals surface area contributed by atoms with Gasteiger partial charge in [-0.3, -0.25) is 4.79 Å². The molecule has 2 unspecified atom stereocenters. The van der Waals surface area contributed by atoms with Crippen LogP contribution in [-0.4, -0.2) is 19.6 Å². The van der Waals surface area contributed by atoms with Gasteiger partial charge in [-0.2, -0.15) is 0 Å². The van der Waals surface area contributed by atoms with E-state index in [2.05, 4.69) is 5.32 Å². The van der Waals surface area contributed by atoms with Gasteiger partial charge in [-0.05, 0) is 36.6 Å². The Morgan fingerprint density at radius 2 is 1.92 bits per heavy atom. The Labute approximate surface area is 149 Å². The second-order valence-electron chi connectivity index (χ2n) is 6.03. The Bertz CT molecular complexity index is 674. The van der Waals surface area contributed by atoms with Crippen molar-refractivity contribution in [1.82, 2.24) is 5.32 Å². The number of benzene rings is 2. The summed E-state index contributed by atoms with van der Waals surface area (Å²) in [5.41, 5.74) is 1.33. The minimum Gasteiger partial charge on any atom is -0.372 e. The molecule has 0 spiro atoms. The molecule has 0 aromatic heterocycles. The van der Waals surface area contributed by atoms with Crippen LogP contribution in [0.2, 0.25) is 5.02 Å². The average Bonchev–Trinajstić information content (AvgIpc) is 2.61. The lowest BCUT2D eigenvalue weighted by molar-refractivity contribution is -0.124. The van der Waals surface area contributed by atoms with E-state index in [1.54, 1.807) is 7.11 Å². The fourth-order valence-electron chi connectivity index (χ4n) is 2.75. The predicted octanol–water partition coefficient (Wildman–Crippen LogP) is 4.51. The highest BCUT2D eigenvalue weighted by atomic mass is 35.5. The lowest BCUT2D eigenvalue weighted by atomic mass is 9.93. The molecule has 2 aromatic carbocycles. The van der Waals surface area contributed by atoms with Gasteiger partial charge >= 0.3 is 0 Å². The molecule has 128 valence electrons. The summed E-state index contributed by atoms with van der Waals surface area (Å²) in [6.07, 6.45) is 0.747. The second-order valence-corrected chi connectivity index (χ2v) is 6.47. The molecule has 2 rings (SSSR count). The molecule has 1 N–H and O–H groups in total. The van der Waals surface area contributed by atoms with Gasteiger partial charge in [-0.15, -0.1) is 0 Å². The molecule has 2 aromatic rings. The normalized spacial score (nSPS) is 14.7. The molecule has 0 saturated carbocycles. The zero-order valence-corrected chi connectivity index (χ0v) is 15.1. The molecule has 0 aliphatic carbocycles. The summed E-state index contributed by atoms with van der Waals surface area (Å²) in [7, 11) is 1.64. The third-order valence-electron chi connectivity index (χ3n) is 4.41. The van der Waals surface area contributed by atoms with E-state index in [-0.39, 0.29) is 11.8 Å². The van der Waals surface area contributed by atoms with Crippen LogP contribution in [0.5, 0.6) is 0 Å². The van der Waals surface area contributed by atoms with Crippen LogP contribution in [0.1, 0.15) is 37.3 Å². The van der Waals surface area contributed by atoms with E-state index >= 15 is 0 Å². The molecular formula is C20H24ClNO2. The van der Waals surface area contributed by atoms with Gasteiger partial charge in [0.15, 0.2) is 0 Å². The topological polar surface area (TPSA) is 38.3 Å². The summed E-state index contributed by atoms with van der Waals surface area (Å²) in [6, 6.07) is 17.4. The Hall–Kier alpha value is -1.84. The molecule has 4 heteroatoms. The Morgan fingerprint density at radius 3 is 2.50 bits per heavy atom. The molecule has 0 radical (unpaired) electrons. The van der Waals surface area contributed by atoms with Crippen molar-refractivity contribution in [3.63, 3.8) is 0 Å². The lowest BCUT2D eigenvalue weighted by Gasteiger charge is -2.30. The highest BCUT2D eigenvalue weighted by molar-refractivity contribution is 6.30. The largest absolute Gasteiger partial charge is 0.372 e. The van der Waals surface area contributed by atoms with Gasteiger partial charge in [0.2, 0.25) is 5.91 Å². The molecule has 0 heterocycles. The van der Waals surface area contributed by atoms with Crippen LogP contribution in [0.4, 0.5) is 0 Å². The molecule has 24 heavy (non-hydrogen) atoms. The summed E-state index contributed by atoms with van der Waals surface area (Å²) in [4.78, 5) is 12.6. The highest BCUT2D eigenvalue weighted by Gasteiger charge is 2.28. The maximum absolute atomic E-state index is 12.6. The van der Waals surface area contributed by atoms with Crippen LogP contribution < -0.4 is 5.32 Å². The Morgan fingerprint density at radius 1 is 1.21 bits per heavy atom. The van der Waals surface area contributed by atoms with Gasteiger partial charge in [-0.25, -0.2) is 0 Å². The van der Waals surface area contributed by atoms with Gasteiger partial charge < -0.3 is 10.1 Å². The first-order valence-corrected chi connectivity index (χ1v) is 8.52. The number of amides is 1. The van der Waals surface area contributed by atoms with Gasteiger partial charge in [0.1, 0.15) is 5.60 Å². The predicted molar refractivity (Wildman–Crippen MR) is 98.3 cm³/mol. The number of hydrogen-bond donors (Lipinski definition) is 1. The summed E-state index contributed by atoms with van der Waals surface area (Å²) in [5.74, 6) is -0.152. The van der Waals surface area contributed by atoms with Crippen molar-refractivity contribution < 1.29 is 9.53 Å². The van der Waals surface area contributed by atoms with Gasteiger partial charge in [0, 0.05) is 12.1 Å². The maximum atomic E-state index is 12.6. The fraction of sp³-hybridized carbons (Fsp3) is 0.350. The molecule has 2 atom stereocenters. The van der Waals surface area contributed by atoms with Crippen LogP contribution in [0.25, 0.3) is 0 Å². The SMILES string of the molecule is CCC(C(=O)NCC(C)(OC)c1cccc(Cl)c1)c1ccccc1. The molecule has 0 aliphatic rings. The van der Waals surface area contributed by atoms with Crippen molar-refractivity contribution in [2.75, 3.05) is 13.7 Å². The van der Waals surface area contributed by atoms with Crippen LogP contribution in [0.3, 0.4) is 0 Å². The second kappa shape index (κ2) is 8.32. The summed E-state index contributed by atoms with van der Waals surface area (Å²) in [6.45, 7) is 4.35. The molecular weight excluding hydrogens is 322 g/mol. The first-order valence-electron chi connectivity index (χ1n) is 8.14. The third-order valence-corrected chi connectivity index (χ3v) is 4.65. The minimum absolute atomic E-state index is 0.00834. The summed E-state index contributed by atoms with van der Waals surface area (Å²) >= 11 is 6.08. The number of halogens is 1. The van der Waals surface area contributed by atoms with Crippen LogP contribution in [0.15, 0.2) is 54.6 Å². The van der Waals surface area contributed by atoms with E-state index in [4.69, 9.17) is 16.3 Å². The number of methoxy groups -OCH3 is 1. The van der Waals surface area contributed by atoms with Crippen molar-refractivity contribution >= 4 is 17.5 Å². The first kappa shape index (κ1) is 18.5. The summed E-state index contributed by atoms with van der Waals surface area (Å²) < 4.78 is 5.67. The Balaban J connectivity index is 2.10. The zero-order valence-electron chi connectivity index (χ0n) is 14.4. The standard InChI is InChI=1S/C20H24ClNO2/c1-4-18(15-9-6-5-7-10-15)19(23)22-14-20(2,24-3)16-11-8-12-17(21)13-16/h5-13,18H,4,14H2,1-3H3,(H,22,23). The Kier molecular flexibility index (Phi) is 6.41. The third kappa shape index (κ3) is 4.37. The molecule has 1 amide bonds. The molecule has 0 fully saturated rings. The number of ether oxygens (including phenoxy) is 1. The summed E-state index contributed by atoms with van der Waals surface area (Å²) in [5, 5.41) is 3.69. The van der Waals surface area contributed by atoms with Crippen LogP contribution in [0, 0.1) is 0 Å². The number of carbonyl (C=O) groups is 1. The van der Waals surface area contributed by atoms with Crippen LogP contribution >= 0.6 is 11.6 Å². The van der Waals surface area contributed by atoms with Gasteiger partial charge in [0.25, 0.3) is 0 Å². The first-order chi connectivity index (χ1) is 11.5. The van der Waals surface area contributed by atoms with E-state index in [9.17, 15) is 4.79 Å². The van der Waals surface area contributed by atoms with Crippen molar-refractivity contribution in [3.8, 4) is 0 Å². The lowest BCUT2D eigenvalue weighted by Crippen LogP contribution is -2.41. The number of carbonyl (C=O) groups excluding carboxylic acids is 1.